The number of aromatic nitrogens is 4. The Balaban J connectivity index is 1.31. The molecule has 0 radical (unpaired) electrons. The number of aliphatic hydroxyl groups is 2. The smallest absolute Gasteiger partial charge is 0.329 e. The van der Waals surface area contributed by atoms with Crippen molar-refractivity contribution in [2.75, 3.05) is 20.8 Å². The van der Waals surface area contributed by atoms with Gasteiger partial charge in [0.1, 0.15) is 30.7 Å². The maximum atomic E-state index is 14.5. The third-order valence-electron chi connectivity index (χ3n) is 16.0. The normalized spacial score (nSPS) is 41.9. The number of ketones is 2. The molecule has 5 bridgehead atoms. The number of allylic oxidation sites excluding steroid dienone is 7. The number of nitrogens with zero attached hydrogens (tertiary/aromatic N) is 5. The number of rotatable bonds is 5. The third kappa shape index (κ3) is 12.9. The van der Waals surface area contributed by atoms with Crippen LogP contribution >= 0.6 is 0 Å². The van der Waals surface area contributed by atoms with Crippen molar-refractivity contribution in [3.05, 3.63) is 53.9 Å². The highest BCUT2D eigenvalue weighted by atomic mass is 16.6. The predicted octanol–water partition coefficient (Wildman–Crippen LogP) is 7.10. The Bertz CT molecular complexity index is 1970. The van der Waals surface area contributed by atoms with Crippen LogP contribution in [0.2, 0.25) is 0 Å². The molecule has 2 N–H and O–H groups in total. The zero-order valence-corrected chi connectivity index (χ0v) is 41.5. The van der Waals surface area contributed by atoms with E-state index >= 15 is 0 Å². The second-order valence-corrected chi connectivity index (χ2v) is 21.1. The van der Waals surface area contributed by atoms with E-state index in [4.69, 9.17) is 18.9 Å². The summed E-state index contributed by atoms with van der Waals surface area (Å²) in [6, 6.07) is -1.38. The Kier molecular flexibility index (Phi) is 18.5. The minimum absolute atomic E-state index is 0.0360. The van der Waals surface area contributed by atoms with Gasteiger partial charge >= 0.3 is 5.97 Å². The molecule has 1 saturated carbocycles. The monoisotopic (exact) mass is 934 g/mol. The lowest BCUT2D eigenvalue weighted by atomic mass is 9.72. The maximum Gasteiger partial charge on any atom is 0.329 e. The van der Waals surface area contributed by atoms with Crippen molar-refractivity contribution < 1.29 is 48.3 Å². The average Bonchev–Trinajstić information content (AvgIpc) is 3.84. The largest absolute Gasteiger partial charge is 0.461 e. The van der Waals surface area contributed by atoms with Crippen LogP contribution in [0.25, 0.3) is 0 Å². The quantitative estimate of drug-likeness (QED) is 0.173. The van der Waals surface area contributed by atoms with E-state index in [-0.39, 0.29) is 48.0 Å². The summed E-state index contributed by atoms with van der Waals surface area (Å²) in [6.45, 7) is 13.9. The van der Waals surface area contributed by atoms with E-state index in [1.807, 2.05) is 64.2 Å². The summed E-state index contributed by atoms with van der Waals surface area (Å²) in [5.41, 5.74) is 1.53. The van der Waals surface area contributed by atoms with Crippen LogP contribution in [-0.2, 0) is 38.1 Å². The van der Waals surface area contributed by atoms with E-state index in [9.17, 15) is 29.4 Å². The molecule has 15 heteroatoms. The fourth-order valence-corrected chi connectivity index (χ4v) is 11.7. The lowest BCUT2D eigenvalue weighted by molar-refractivity contribution is -0.264. The molecule has 6 rings (SSSR count). The van der Waals surface area contributed by atoms with E-state index < -0.39 is 65.9 Å². The highest BCUT2D eigenvalue weighted by molar-refractivity contribution is 6.39. The van der Waals surface area contributed by atoms with Crippen LogP contribution in [0.15, 0.2) is 53.9 Å². The number of esters is 1. The number of tetrazole rings is 1. The van der Waals surface area contributed by atoms with Gasteiger partial charge in [-0.15, -0.1) is 5.10 Å². The number of aliphatic hydroxyl groups excluding tert-OH is 1. The minimum atomic E-state index is -2.40. The first-order valence-corrected chi connectivity index (χ1v) is 25.1. The van der Waals surface area contributed by atoms with E-state index in [2.05, 4.69) is 29.4 Å². The van der Waals surface area contributed by atoms with E-state index in [0.717, 1.165) is 37.7 Å². The van der Waals surface area contributed by atoms with Gasteiger partial charge in [0.25, 0.3) is 11.7 Å². The van der Waals surface area contributed by atoms with Crippen LogP contribution in [-0.4, -0.2) is 122 Å². The number of methoxy groups -OCH3 is 2. The van der Waals surface area contributed by atoms with Crippen molar-refractivity contribution in [2.45, 2.75) is 180 Å². The van der Waals surface area contributed by atoms with Gasteiger partial charge in [0.15, 0.2) is 5.78 Å². The minimum Gasteiger partial charge on any atom is -0.461 e. The molecule has 3 saturated heterocycles. The van der Waals surface area contributed by atoms with Crippen molar-refractivity contribution >= 4 is 23.4 Å². The predicted molar refractivity (Wildman–Crippen MR) is 252 cm³/mol. The first-order chi connectivity index (χ1) is 31.9. The van der Waals surface area contributed by atoms with Gasteiger partial charge in [0.2, 0.25) is 5.79 Å². The average molecular weight is 934 g/mol. The molecule has 1 aromatic rings. The first kappa shape index (κ1) is 52.5. The number of fused-ring (bicyclic) bond motifs is 5. The molecular weight excluding hydrogens is 855 g/mol. The molecule has 1 aliphatic carbocycles. The summed E-state index contributed by atoms with van der Waals surface area (Å²) < 4.78 is 26.0. The van der Waals surface area contributed by atoms with Crippen LogP contribution in [0.3, 0.4) is 0 Å². The Hall–Kier alpha value is -3.89. The summed E-state index contributed by atoms with van der Waals surface area (Å²) in [5.74, 6) is -5.04. The zero-order chi connectivity index (χ0) is 48.6. The number of piperidine rings is 1. The number of ether oxygens (including phenoxy) is 4. The van der Waals surface area contributed by atoms with Crippen LogP contribution in [0.1, 0.15) is 138 Å². The van der Waals surface area contributed by atoms with Crippen LogP contribution in [0.5, 0.6) is 0 Å². The SMILES string of the molecule is CO[C@@H]1C[C@H](CC2CC3CCN4C(=O)C(=O)[C@]5(O)O[C@@H](CC[C@H]5C)C[C@H](n5cnnn5)/C(C)=C/C=C/C=C/[C@@H](C)C[C@@H](C)C(=O)[C@H](OC)[C@H](O)/C(C)=C/[C@@H](C)CC[C@@H]2OC(=O)[C@@H]4C3)CC[C@H]1C. The Labute approximate surface area is 398 Å². The van der Waals surface area contributed by atoms with Gasteiger partial charge in [-0.3, -0.25) is 14.4 Å². The number of amides is 1. The lowest BCUT2D eigenvalue weighted by Gasteiger charge is -2.45. The molecule has 4 fully saturated rings. The molecule has 1 amide bonds. The molecule has 67 heavy (non-hydrogen) atoms. The second-order valence-electron chi connectivity index (χ2n) is 21.1. The summed E-state index contributed by atoms with van der Waals surface area (Å²) in [4.78, 5) is 58.4. The Morgan fingerprint density at radius 3 is 2.31 bits per heavy atom. The number of Topliss-reactive ketones (excluding diaryl/α,β-unsaturated/α-hetero) is 2. The van der Waals surface area contributed by atoms with Crippen molar-refractivity contribution in [3.8, 4) is 0 Å². The Morgan fingerprint density at radius 2 is 1.60 bits per heavy atom. The summed E-state index contributed by atoms with van der Waals surface area (Å²) in [5, 5.41) is 35.6. The standard InChI is InChI=1S/C52H79N5O10/c1-31-13-11-10-12-14-33(3)42(57-30-53-54-55-57)29-41-19-17-37(7)52(63,67-41)49(60)50(61)56-22-21-39-26-40(25-38-18-16-34(4)45(28-38)64-8)44(66-51(62)43(56)27-39)20-15-32(2)24-36(6)47(59)48(65-9)46(58)35(5)23-31/h10-14,24,30-32,34-35,37-45,47-48,59,63H,15-23,25-29H2,1-9H3/b12-10+,13-11+,33-14+,36-24+/t31-,32+,34-,35-,37-,38+,39?,40?,41+,42+,43+,44+,45-,47-,48+,52-/m1/s1. The van der Waals surface area contributed by atoms with Crippen molar-refractivity contribution in [2.24, 2.45) is 47.3 Å². The van der Waals surface area contributed by atoms with Crippen molar-refractivity contribution in [1.82, 2.24) is 25.1 Å². The first-order valence-electron chi connectivity index (χ1n) is 25.1. The van der Waals surface area contributed by atoms with Crippen molar-refractivity contribution in [3.63, 3.8) is 0 Å². The number of carbonyl (C=O) groups excluding carboxylic acids is 4. The van der Waals surface area contributed by atoms with Gasteiger partial charge in [0.05, 0.1) is 18.2 Å². The zero-order valence-electron chi connectivity index (χ0n) is 41.5. The Morgan fingerprint density at radius 1 is 0.821 bits per heavy atom. The van der Waals surface area contributed by atoms with Crippen LogP contribution in [0, 0.1) is 47.3 Å². The van der Waals surface area contributed by atoms with Gasteiger partial charge in [-0.05, 0) is 148 Å². The van der Waals surface area contributed by atoms with E-state index in [1.54, 1.807) is 18.7 Å². The van der Waals surface area contributed by atoms with Gasteiger partial charge in [-0.1, -0.05) is 71.1 Å². The molecule has 15 nitrogen and oxygen atoms in total. The van der Waals surface area contributed by atoms with Crippen LogP contribution < -0.4 is 0 Å². The number of hydrogen-bond donors (Lipinski definition) is 2. The lowest BCUT2D eigenvalue weighted by Crippen LogP contribution is -2.61. The third-order valence-corrected chi connectivity index (χ3v) is 16.0. The molecule has 16 atom stereocenters. The molecule has 2 unspecified atom stereocenters. The van der Waals surface area contributed by atoms with Crippen molar-refractivity contribution in [1.29, 1.82) is 0 Å². The fraction of sp³-hybridized carbons (Fsp3) is 0.750. The van der Waals surface area contributed by atoms with Crippen LogP contribution in [0.4, 0.5) is 0 Å². The summed E-state index contributed by atoms with van der Waals surface area (Å²) in [7, 11) is 3.24. The van der Waals surface area contributed by atoms with E-state index in [0.29, 0.717) is 68.8 Å². The van der Waals surface area contributed by atoms with Gasteiger partial charge in [-0.25, -0.2) is 9.48 Å². The summed E-state index contributed by atoms with van der Waals surface area (Å²) >= 11 is 0. The maximum absolute atomic E-state index is 14.5. The van der Waals surface area contributed by atoms with E-state index in [1.165, 1.54) is 18.3 Å². The molecule has 5 heterocycles. The molecule has 5 aliphatic rings. The van der Waals surface area contributed by atoms with Gasteiger partial charge in [0, 0.05) is 39.0 Å². The number of carbonyl (C=O) groups is 4. The summed E-state index contributed by atoms with van der Waals surface area (Å²) in [6.07, 6.45) is 19.0. The number of hydrogen-bond acceptors (Lipinski definition) is 13. The molecule has 4 aliphatic heterocycles. The molecule has 0 spiro atoms. The van der Waals surface area contributed by atoms with Gasteiger partial charge < -0.3 is 34.1 Å². The highest BCUT2D eigenvalue weighted by Crippen LogP contribution is 2.43. The molecule has 0 aromatic carbocycles. The molecular formula is C52H79N5O10. The molecule has 1 aromatic heterocycles. The van der Waals surface area contributed by atoms with Gasteiger partial charge in [-0.2, -0.15) is 0 Å². The molecule has 372 valence electrons. The topological polar surface area (TPSA) is 192 Å². The fourth-order valence-electron chi connectivity index (χ4n) is 11.7. The second kappa shape index (κ2) is 23.6. The highest BCUT2D eigenvalue weighted by Gasteiger charge is 2.54.